The molecule has 0 saturated carbocycles. The van der Waals surface area contributed by atoms with Crippen LogP contribution < -0.4 is 5.32 Å². The van der Waals surface area contributed by atoms with Crippen LogP contribution >= 0.6 is 0 Å². The molecule has 0 aliphatic carbocycles. The summed E-state index contributed by atoms with van der Waals surface area (Å²) in [5, 5.41) is 7.36. The highest BCUT2D eigenvalue weighted by molar-refractivity contribution is 5.83. The zero-order valence-electron chi connectivity index (χ0n) is 14.7. The smallest absolute Gasteiger partial charge is 0.241 e. The lowest BCUT2D eigenvalue weighted by Gasteiger charge is -2.24. The maximum atomic E-state index is 13.1. The number of hydrogen-bond acceptors (Lipinski definition) is 3. The number of amides is 1. The van der Waals surface area contributed by atoms with Crippen LogP contribution in [0.2, 0.25) is 0 Å². The second-order valence-corrected chi connectivity index (χ2v) is 6.21. The number of hydrogen-bond donors (Lipinski definition) is 1. The number of nitrogens with one attached hydrogen (secondary N) is 1. The molecule has 0 fully saturated rings. The number of carbonyl (C=O) groups is 1. The minimum absolute atomic E-state index is 0.0834. The van der Waals surface area contributed by atoms with Gasteiger partial charge in [0.15, 0.2) is 0 Å². The fourth-order valence-corrected chi connectivity index (χ4v) is 2.77. The van der Waals surface area contributed by atoms with E-state index >= 15 is 0 Å². The molecule has 5 nitrogen and oxygen atoms in total. The molecule has 1 N–H and O–H groups in total. The van der Waals surface area contributed by atoms with Crippen LogP contribution in [0.4, 0.5) is 4.39 Å². The molecular formula is C18H25FN4O. The number of halogens is 1. The minimum Gasteiger partial charge on any atom is -0.354 e. The Balaban J connectivity index is 1.89. The lowest BCUT2D eigenvalue weighted by Crippen LogP contribution is -2.37. The van der Waals surface area contributed by atoms with Gasteiger partial charge in [0.25, 0.3) is 0 Å². The van der Waals surface area contributed by atoms with Crippen LogP contribution in [-0.2, 0) is 11.3 Å². The van der Waals surface area contributed by atoms with Crippen LogP contribution in [0, 0.1) is 19.7 Å². The summed E-state index contributed by atoms with van der Waals surface area (Å²) in [6, 6.07) is 7.66. The van der Waals surface area contributed by atoms with Crippen molar-refractivity contribution in [3.63, 3.8) is 0 Å². The molecule has 1 atom stereocenters. The summed E-state index contributed by atoms with van der Waals surface area (Å²) < 4.78 is 15.0. The van der Waals surface area contributed by atoms with Crippen molar-refractivity contribution in [3.8, 4) is 0 Å². The monoisotopic (exact) mass is 332 g/mol. The quantitative estimate of drug-likeness (QED) is 0.793. The summed E-state index contributed by atoms with van der Waals surface area (Å²) in [7, 11) is 3.67. The number of benzene rings is 1. The Morgan fingerprint density at radius 3 is 2.50 bits per heavy atom. The number of aromatic nitrogens is 2. The van der Waals surface area contributed by atoms with Crippen LogP contribution in [0.15, 0.2) is 30.3 Å². The molecule has 0 aliphatic heterocycles. The van der Waals surface area contributed by atoms with Crippen LogP contribution in [-0.4, -0.2) is 41.2 Å². The number of nitrogens with zero attached hydrogens (tertiary/aromatic N) is 3. The molecule has 0 aliphatic rings. The van der Waals surface area contributed by atoms with Crippen LogP contribution in [0.3, 0.4) is 0 Å². The standard InChI is InChI=1S/C18H25FN4O/c1-13-12-14(2)23(21-13)11-5-10-20-18(24)17(22(3)4)15-6-8-16(19)9-7-15/h6-9,12,17H,5,10-11H2,1-4H3,(H,20,24)/t17-/m0/s1. The van der Waals surface area contributed by atoms with Crippen molar-refractivity contribution >= 4 is 5.91 Å². The van der Waals surface area contributed by atoms with E-state index in [-0.39, 0.29) is 11.7 Å². The summed E-state index contributed by atoms with van der Waals surface area (Å²) in [4.78, 5) is 14.3. The molecule has 1 heterocycles. The van der Waals surface area contributed by atoms with E-state index in [4.69, 9.17) is 0 Å². The van der Waals surface area contributed by atoms with Crippen molar-refractivity contribution < 1.29 is 9.18 Å². The van der Waals surface area contributed by atoms with Gasteiger partial charge in [0, 0.05) is 18.8 Å². The molecule has 2 aromatic rings. The molecule has 6 heteroatoms. The molecule has 24 heavy (non-hydrogen) atoms. The largest absolute Gasteiger partial charge is 0.354 e. The molecule has 0 bridgehead atoms. The molecular weight excluding hydrogens is 307 g/mol. The summed E-state index contributed by atoms with van der Waals surface area (Å²) in [6.07, 6.45) is 0.803. The molecule has 1 amide bonds. The first kappa shape index (κ1) is 18.1. The fourth-order valence-electron chi connectivity index (χ4n) is 2.77. The predicted octanol–water partition coefficient (Wildman–Crippen LogP) is 2.45. The molecule has 0 spiro atoms. The van der Waals surface area contributed by atoms with Gasteiger partial charge < -0.3 is 5.32 Å². The first-order chi connectivity index (χ1) is 11.4. The Kier molecular flexibility index (Phi) is 6.09. The Bertz CT molecular complexity index is 679. The van der Waals surface area contributed by atoms with Crippen molar-refractivity contribution in [1.29, 1.82) is 0 Å². The van der Waals surface area contributed by atoms with Crippen molar-refractivity contribution in [2.75, 3.05) is 20.6 Å². The van der Waals surface area contributed by atoms with Gasteiger partial charge in [0.05, 0.1) is 5.69 Å². The maximum absolute atomic E-state index is 13.1. The second kappa shape index (κ2) is 8.06. The molecule has 130 valence electrons. The Morgan fingerprint density at radius 2 is 1.96 bits per heavy atom. The molecule has 0 saturated heterocycles. The third kappa shape index (κ3) is 4.64. The maximum Gasteiger partial charge on any atom is 0.241 e. The van der Waals surface area contributed by atoms with Gasteiger partial charge in [-0.1, -0.05) is 12.1 Å². The van der Waals surface area contributed by atoms with Crippen LogP contribution in [0.5, 0.6) is 0 Å². The number of likely N-dealkylation sites (N-methyl/N-ethyl adjacent to an activating group) is 1. The highest BCUT2D eigenvalue weighted by Gasteiger charge is 2.22. The van der Waals surface area contributed by atoms with E-state index in [1.807, 2.05) is 43.6 Å². The lowest BCUT2D eigenvalue weighted by atomic mass is 10.1. The number of aryl methyl sites for hydroxylation is 3. The van der Waals surface area contributed by atoms with E-state index in [1.165, 1.54) is 12.1 Å². The van der Waals surface area contributed by atoms with Gasteiger partial charge in [-0.25, -0.2) is 4.39 Å². The van der Waals surface area contributed by atoms with Crippen LogP contribution in [0.1, 0.15) is 29.4 Å². The zero-order valence-corrected chi connectivity index (χ0v) is 14.7. The van der Waals surface area contributed by atoms with Gasteiger partial charge in [-0.2, -0.15) is 5.10 Å². The predicted molar refractivity (Wildman–Crippen MR) is 92.2 cm³/mol. The van der Waals surface area contributed by atoms with Gasteiger partial charge in [-0.15, -0.1) is 0 Å². The number of rotatable bonds is 7. The molecule has 0 radical (unpaired) electrons. The zero-order chi connectivity index (χ0) is 17.7. The molecule has 1 aromatic heterocycles. The first-order valence-electron chi connectivity index (χ1n) is 8.09. The first-order valence-corrected chi connectivity index (χ1v) is 8.09. The SMILES string of the molecule is Cc1cc(C)n(CCCNC(=O)[C@H](c2ccc(F)cc2)N(C)C)n1. The second-order valence-electron chi connectivity index (χ2n) is 6.21. The topological polar surface area (TPSA) is 50.2 Å². The van der Waals surface area contributed by atoms with Gasteiger partial charge in [-0.05, 0) is 58.1 Å². The average molecular weight is 332 g/mol. The van der Waals surface area contributed by atoms with Crippen molar-refractivity contribution in [3.05, 3.63) is 53.1 Å². The highest BCUT2D eigenvalue weighted by Crippen LogP contribution is 2.18. The van der Waals surface area contributed by atoms with Gasteiger partial charge in [0.2, 0.25) is 5.91 Å². The van der Waals surface area contributed by atoms with Gasteiger partial charge in [0.1, 0.15) is 11.9 Å². The van der Waals surface area contributed by atoms with E-state index in [1.54, 1.807) is 12.1 Å². The number of carbonyl (C=O) groups excluding carboxylic acids is 1. The fraction of sp³-hybridized carbons (Fsp3) is 0.444. The highest BCUT2D eigenvalue weighted by atomic mass is 19.1. The van der Waals surface area contributed by atoms with E-state index in [9.17, 15) is 9.18 Å². The van der Waals surface area contributed by atoms with E-state index in [2.05, 4.69) is 10.4 Å². The Hall–Kier alpha value is -2.21. The van der Waals surface area contributed by atoms with E-state index < -0.39 is 6.04 Å². The van der Waals surface area contributed by atoms with E-state index in [0.29, 0.717) is 6.54 Å². The van der Waals surface area contributed by atoms with Crippen molar-refractivity contribution in [2.45, 2.75) is 32.9 Å². The molecule has 0 unspecified atom stereocenters. The van der Waals surface area contributed by atoms with E-state index in [0.717, 1.165) is 29.9 Å². The summed E-state index contributed by atoms with van der Waals surface area (Å²) in [6.45, 7) is 5.33. The van der Waals surface area contributed by atoms with Gasteiger partial charge in [-0.3, -0.25) is 14.4 Å². The van der Waals surface area contributed by atoms with Crippen molar-refractivity contribution in [1.82, 2.24) is 20.0 Å². The Morgan fingerprint density at radius 1 is 1.29 bits per heavy atom. The lowest BCUT2D eigenvalue weighted by molar-refractivity contribution is -0.125. The Labute approximate surface area is 142 Å². The third-order valence-electron chi connectivity index (χ3n) is 3.90. The summed E-state index contributed by atoms with van der Waals surface area (Å²) in [5.41, 5.74) is 2.90. The normalized spacial score (nSPS) is 12.4. The molecule has 1 aromatic carbocycles. The van der Waals surface area contributed by atoms with Crippen LogP contribution in [0.25, 0.3) is 0 Å². The van der Waals surface area contributed by atoms with Gasteiger partial charge >= 0.3 is 0 Å². The average Bonchev–Trinajstić information content (AvgIpc) is 2.83. The third-order valence-corrected chi connectivity index (χ3v) is 3.90. The molecule has 2 rings (SSSR count). The summed E-state index contributed by atoms with van der Waals surface area (Å²) >= 11 is 0. The summed E-state index contributed by atoms with van der Waals surface area (Å²) in [5.74, 6) is -0.387. The minimum atomic E-state index is -0.431. The van der Waals surface area contributed by atoms with Crippen molar-refractivity contribution in [2.24, 2.45) is 0 Å².